The Hall–Kier alpha value is -0.730. The van der Waals surface area contributed by atoms with E-state index in [1.54, 1.807) is 0 Å². The van der Waals surface area contributed by atoms with Crippen LogP contribution in [-0.2, 0) is 0 Å². The summed E-state index contributed by atoms with van der Waals surface area (Å²) in [5.74, 6) is 0. The second kappa shape index (κ2) is 4.18. The van der Waals surface area contributed by atoms with Crippen molar-refractivity contribution in [1.82, 2.24) is 0 Å². The molecular formula is C6H7F3. The standard InChI is InChI=1S/C6H7F3/c1-2-5(7)3-4-6(8)9/h2,4-5H,1,3H2. The van der Waals surface area contributed by atoms with Crippen LogP contribution in [0, 0.1) is 0 Å². The Morgan fingerprint density at radius 3 is 2.44 bits per heavy atom. The average Bonchev–Trinajstić information content (AvgIpc) is 1.83. The van der Waals surface area contributed by atoms with Crippen LogP contribution in [0.25, 0.3) is 0 Å². The highest BCUT2D eigenvalue weighted by molar-refractivity contribution is 4.89. The van der Waals surface area contributed by atoms with Gasteiger partial charge in [-0.2, -0.15) is 8.78 Å². The van der Waals surface area contributed by atoms with E-state index in [2.05, 4.69) is 6.58 Å². The molecule has 0 heterocycles. The van der Waals surface area contributed by atoms with Gasteiger partial charge in [-0.05, 0) is 6.08 Å². The Balaban J connectivity index is 3.49. The first kappa shape index (κ1) is 8.27. The zero-order valence-electron chi connectivity index (χ0n) is 4.78. The Morgan fingerprint density at radius 2 is 2.11 bits per heavy atom. The van der Waals surface area contributed by atoms with E-state index >= 15 is 0 Å². The van der Waals surface area contributed by atoms with Crippen LogP contribution < -0.4 is 0 Å². The highest BCUT2D eigenvalue weighted by atomic mass is 19.3. The van der Waals surface area contributed by atoms with Gasteiger partial charge in [-0.15, -0.1) is 6.58 Å². The molecule has 0 fully saturated rings. The third kappa shape index (κ3) is 5.14. The highest BCUT2D eigenvalue weighted by Gasteiger charge is 1.97. The molecule has 0 aliphatic heterocycles. The summed E-state index contributed by atoms with van der Waals surface area (Å²) >= 11 is 0. The zero-order chi connectivity index (χ0) is 7.28. The molecule has 0 radical (unpaired) electrons. The molecule has 0 N–H and O–H groups in total. The van der Waals surface area contributed by atoms with E-state index in [9.17, 15) is 13.2 Å². The van der Waals surface area contributed by atoms with Crippen LogP contribution in [-0.4, -0.2) is 6.17 Å². The molecule has 52 valence electrons. The predicted molar refractivity (Wildman–Crippen MR) is 30.0 cm³/mol. The average molecular weight is 136 g/mol. The zero-order valence-corrected chi connectivity index (χ0v) is 4.78. The number of hydrogen-bond acceptors (Lipinski definition) is 0. The van der Waals surface area contributed by atoms with Gasteiger partial charge in [0.05, 0.1) is 0 Å². The third-order valence-electron chi connectivity index (χ3n) is 0.753. The number of allylic oxidation sites excluding steroid dienone is 2. The maximum atomic E-state index is 12.0. The van der Waals surface area contributed by atoms with Crippen molar-refractivity contribution >= 4 is 0 Å². The Labute approximate surface area is 51.7 Å². The number of rotatable bonds is 3. The van der Waals surface area contributed by atoms with E-state index < -0.39 is 12.3 Å². The normalized spacial score (nSPS) is 12.3. The lowest BCUT2D eigenvalue weighted by molar-refractivity contribution is 0.382. The molecule has 0 saturated carbocycles. The molecule has 0 aliphatic rings. The second-order valence-electron chi connectivity index (χ2n) is 1.48. The summed E-state index contributed by atoms with van der Waals surface area (Å²) in [6.07, 6.45) is -1.97. The summed E-state index contributed by atoms with van der Waals surface area (Å²) < 4.78 is 34.4. The molecule has 0 bridgehead atoms. The molecule has 0 rings (SSSR count). The monoisotopic (exact) mass is 136 g/mol. The quantitative estimate of drug-likeness (QED) is 0.523. The summed E-state index contributed by atoms with van der Waals surface area (Å²) in [6.45, 7) is 3.09. The van der Waals surface area contributed by atoms with Crippen LogP contribution in [0.4, 0.5) is 13.2 Å². The van der Waals surface area contributed by atoms with Crippen molar-refractivity contribution in [3.8, 4) is 0 Å². The van der Waals surface area contributed by atoms with Gasteiger partial charge in [-0.3, -0.25) is 0 Å². The lowest BCUT2D eigenvalue weighted by Gasteiger charge is -1.92. The van der Waals surface area contributed by atoms with Crippen molar-refractivity contribution in [2.45, 2.75) is 12.6 Å². The van der Waals surface area contributed by atoms with E-state index in [1.165, 1.54) is 0 Å². The van der Waals surface area contributed by atoms with Gasteiger partial charge < -0.3 is 0 Å². The predicted octanol–water partition coefficient (Wildman–Crippen LogP) is 2.68. The summed E-state index contributed by atoms with van der Waals surface area (Å²) in [5.41, 5.74) is 0. The maximum Gasteiger partial charge on any atom is 0.266 e. The number of alkyl halides is 1. The van der Waals surface area contributed by atoms with Gasteiger partial charge in [-0.25, -0.2) is 4.39 Å². The molecular weight excluding hydrogens is 129 g/mol. The van der Waals surface area contributed by atoms with E-state index in [4.69, 9.17) is 0 Å². The minimum atomic E-state index is -1.85. The molecule has 3 heteroatoms. The molecule has 0 aromatic heterocycles. The second-order valence-corrected chi connectivity index (χ2v) is 1.48. The van der Waals surface area contributed by atoms with Crippen LogP contribution in [0.1, 0.15) is 6.42 Å². The molecule has 1 atom stereocenters. The van der Waals surface area contributed by atoms with Crippen LogP contribution in [0.5, 0.6) is 0 Å². The summed E-state index contributed by atoms with van der Waals surface area (Å²) in [5, 5.41) is 0. The van der Waals surface area contributed by atoms with Gasteiger partial charge in [0.25, 0.3) is 6.08 Å². The van der Waals surface area contributed by atoms with Crippen molar-refractivity contribution in [1.29, 1.82) is 0 Å². The maximum absolute atomic E-state index is 12.0. The van der Waals surface area contributed by atoms with Crippen molar-refractivity contribution in [2.75, 3.05) is 0 Å². The molecule has 0 nitrogen and oxygen atoms in total. The van der Waals surface area contributed by atoms with Crippen LogP contribution in [0.2, 0.25) is 0 Å². The third-order valence-corrected chi connectivity index (χ3v) is 0.753. The van der Waals surface area contributed by atoms with Gasteiger partial charge in [-0.1, -0.05) is 6.08 Å². The first-order chi connectivity index (χ1) is 4.16. The topological polar surface area (TPSA) is 0 Å². The van der Waals surface area contributed by atoms with Crippen LogP contribution in [0.3, 0.4) is 0 Å². The van der Waals surface area contributed by atoms with Gasteiger partial charge >= 0.3 is 0 Å². The van der Waals surface area contributed by atoms with Gasteiger partial charge in [0, 0.05) is 6.42 Å². The summed E-state index contributed by atoms with van der Waals surface area (Å²) in [6, 6.07) is 0. The number of hydrogen-bond donors (Lipinski definition) is 0. The van der Waals surface area contributed by atoms with Gasteiger partial charge in [0.2, 0.25) is 0 Å². The first-order valence-corrected chi connectivity index (χ1v) is 2.44. The lowest BCUT2D eigenvalue weighted by Crippen LogP contribution is -1.89. The SMILES string of the molecule is C=CC(F)CC=C(F)F. The van der Waals surface area contributed by atoms with E-state index in [1.807, 2.05) is 0 Å². The molecule has 0 spiro atoms. The first-order valence-electron chi connectivity index (χ1n) is 2.44. The molecule has 0 saturated heterocycles. The molecule has 0 amide bonds. The van der Waals surface area contributed by atoms with Crippen LogP contribution in [0.15, 0.2) is 24.8 Å². The lowest BCUT2D eigenvalue weighted by atomic mass is 10.3. The fraction of sp³-hybridized carbons (Fsp3) is 0.333. The highest BCUT2D eigenvalue weighted by Crippen LogP contribution is 2.04. The minimum absolute atomic E-state index is 0.286. The molecule has 1 unspecified atom stereocenters. The van der Waals surface area contributed by atoms with E-state index in [0.29, 0.717) is 6.08 Å². The largest absolute Gasteiger partial charge is 0.266 e. The molecule has 0 aromatic carbocycles. The summed E-state index contributed by atoms with van der Waals surface area (Å²) in [7, 11) is 0. The van der Waals surface area contributed by atoms with Gasteiger partial charge in [0.15, 0.2) is 0 Å². The van der Waals surface area contributed by atoms with E-state index in [0.717, 1.165) is 6.08 Å². The van der Waals surface area contributed by atoms with Gasteiger partial charge in [0.1, 0.15) is 6.17 Å². The Bertz CT molecular complexity index is 113. The number of halogens is 3. The molecule has 0 aromatic rings. The fourth-order valence-corrected chi connectivity index (χ4v) is 0.298. The van der Waals surface area contributed by atoms with Crippen molar-refractivity contribution < 1.29 is 13.2 Å². The van der Waals surface area contributed by atoms with E-state index in [-0.39, 0.29) is 6.42 Å². The smallest absolute Gasteiger partial charge is 0.243 e. The van der Waals surface area contributed by atoms with Crippen molar-refractivity contribution in [2.24, 2.45) is 0 Å². The Kier molecular flexibility index (Phi) is 3.84. The fourth-order valence-electron chi connectivity index (χ4n) is 0.298. The molecule has 9 heavy (non-hydrogen) atoms. The van der Waals surface area contributed by atoms with Crippen LogP contribution >= 0.6 is 0 Å². The molecule has 0 aliphatic carbocycles. The van der Waals surface area contributed by atoms with Crippen molar-refractivity contribution in [3.63, 3.8) is 0 Å². The summed E-state index contributed by atoms with van der Waals surface area (Å²) in [4.78, 5) is 0. The Morgan fingerprint density at radius 1 is 1.56 bits per heavy atom. The minimum Gasteiger partial charge on any atom is -0.243 e. The van der Waals surface area contributed by atoms with Crippen molar-refractivity contribution in [3.05, 3.63) is 24.8 Å².